The molecule has 1 atom stereocenters. The summed E-state index contributed by atoms with van der Waals surface area (Å²) < 4.78 is 41.7. The van der Waals surface area contributed by atoms with Gasteiger partial charge >= 0.3 is 18.4 Å². The van der Waals surface area contributed by atoms with Gasteiger partial charge < -0.3 is 24.3 Å². The van der Waals surface area contributed by atoms with E-state index in [4.69, 9.17) is 9.47 Å². The zero-order chi connectivity index (χ0) is 21.1. The van der Waals surface area contributed by atoms with E-state index in [2.05, 4.69) is 14.7 Å². The summed E-state index contributed by atoms with van der Waals surface area (Å²) in [5.74, 6) is -0.199. The maximum absolute atomic E-state index is 12.3. The fourth-order valence-electron chi connectivity index (χ4n) is 2.99. The van der Waals surface area contributed by atoms with Gasteiger partial charge in [0.15, 0.2) is 0 Å². The lowest BCUT2D eigenvalue weighted by molar-refractivity contribution is -0.389. The summed E-state index contributed by atoms with van der Waals surface area (Å²) in [6.07, 6.45) is 0.994. The number of ether oxygens (including phenoxy) is 3. The third-order valence-electron chi connectivity index (χ3n) is 4.36. The highest BCUT2D eigenvalue weighted by molar-refractivity contribution is 5.60. The molecule has 3 aromatic rings. The van der Waals surface area contributed by atoms with Gasteiger partial charge in [-0.1, -0.05) is 6.07 Å². The van der Waals surface area contributed by atoms with Crippen LogP contribution in [0.2, 0.25) is 0 Å². The fraction of sp³-hybridized carbons (Fsp3) is 0.263. The molecular formula is C19H16F2N4O5. The first kappa shape index (κ1) is 19.7. The van der Waals surface area contributed by atoms with Crippen LogP contribution in [0.1, 0.15) is 5.69 Å². The van der Waals surface area contributed by atoms with Crippen molar-refractivity contribution in [1.29, 1.82) is 0 Å². The highest BCUT2D eigenvalue weighted by Crippen LogP contribution is 2.24. The predicted octanol–water partition coefficient (Wildman–Crippen LogP) is 3.43. The second kappa shape index (κ2) is 8.41. The van der Waals surface area contributed by atoms with Crippen molar-refractivity contribution < 1.29 is 27.9 Å². The van der Waals surface area contributed by atoms with Crippen LogP contribution in [0, 0.1) is 10.1 Å². The normalized spacial score (nSPS) is 15.5. The summed E-state index contributed by atoms with van der Waals surface area (Å²) in [5.41, 5.74) is 2.07. The quantitative estimate of drug-likeness (QED) is 0.428. The molecule has 3 heterocycles. The molecule has 1 aromatic carbocycles. The van der Waals surface area contributed by atoms with Crippen molar-refractivity contribution >= 4 is 5.82 Å². The van der Waals surface area contributed by atoms with E-state index in [1.165, 1.54) is 18.3 Å². The van der Waals surface area contributed by atoms with E-state index < -0.39 is 11.5 Å². The molecular weight excluding hydrogens is 402 g/mol. The van der Waals surface area contributed by atoms with Crippen LogP contribution in [0.5, 0.6) is 11.8 Å². The number of fused-ring (bicyclic) bond motifs is 1. The molecule has 1 aliphatic heterocycles. The number of benzene rings is 1. The first-order chi connectivity index (χ1) is 14.5. The first-order valence-corrected chi connectivity index (χ1v) is 8.95. The van der Waals surface area contributed by atoms with E-state index in [1.54, 1.807) is 28.8 Å². The number of hydrogen-bond acceptors (Lipinski definition) is 7. The standard InChI is InChI=1S/C19H16F2N4O5/c20-18(21)30-14-6-4-12(5-7-14)16-3-1-2-13(22-16)10-28-15-8-24-9-17(25(26)27)23-19(24)29-11-15/h1-7,9,15,18H,8,10-11H2/t15-/m0/s1. The predicted molar refractivity (Wildman–Crippen MR) is 99.3 cm³/mol. The third kappa shape index (κ3) is 4.51. The number of nitrogens with zero attached hydrogens (tertiary/aromatic N) is 4. The Kier molecular flexibility index (Phi) is 5.53. The molecule has 0 saturated carbocycles. The molecule has 30 heavy (non-hydrogen) atoms. The highest BCUT2D eigenvalue weighted by Gasteiger charge is 2.28. The van der Waals surface area contributed by atoms with Crippen molar-refractivity contribution in [2.75, 3.05) is 6.61 Å². The van der Waals surface area contributed by atoms with Gasteiger partial charge in [-0.05, 0) is 41.3 Å². The van der Waals surface area contributed by atoms with Crippen LogP contribution in [-0.2, 0) is 17.9 Å². The molecule has 1 aliphatic rings. The molecule has 2 aromatic heterocycles. The van der Waals surface area contributed by atoms with Crippen molar-refractivity contribution in [3.8, 4) is 23.0 Å². The molecule has 0 aliphatic carbocycles. The lowest BCUT2D eigenvalue weighted by Crippen LogP contribution is -2.32. The van der Waals surface area contributed by atoms with E-state index in [-0.39, 0.29) is 36.9 Å². The minimum atomic E-state index is -2.87. The summed E-state index contributed by atoms with van der Waals surface area (Å²) in [7, 11) is 0. The summed E-state index contributed by atoms with van der Waals surface area (Å²) in [6, 6.07) is 11.8. The Morgan fingerprint density at radius 2 is 2.03 bits per heavy atom. The maximum Gasteiger partial charge on any atom is 0.414 e. The van der Waals surface area contributed by atoms with Crippen LogP contribution in [-0.4, -0.2) is 38.8 Å². The Bertz CT molecular complexity index is 1040. The summed E-state index contributed by atoms with van der Waals surface area (Å²) in [5, 5.41) is 10.8. The van der Waals surface area contributed by atoms with Crippen molar-refractivity contribution in [2.45, 2.75) is 25.9 Å². The van der Waals surface area contributed by atoms with E-state index >= 15 is 0 Å². The molecule has 156 valence electrons. The monoisotopic (exact) mass is 418 g/mol. The molecule has 0 radical (unpaired) electrons. The van der Waals surface area contributed by atoms with Crippen LogP contribution >= 0.6 is 0 Å². The lowest BCUT2D eigenvalue weighted by Gasteiger charge is -2.22. The van der Waals surface area contributed by atoms with Crippen molar-refractivity contribution in [3.05, 3.63) is 64.5 Å². The summed E-state index contributed by atoms with van der Waals surface area (Å²) >= 11 is 0. The van der Waals surface area contributed by atoms with Gasteiger partial charge in [0.2, 0.25) is 0 Å². The number of aromatic nitrogens is 3. The molecule has 0 unspecified atom stereocenters. The Balaban J connectivity index is 1.38. The largest absolute Gasteiger partial charge is 0.443 e. The number of pyridine rings is 1. The SMILES string of the molecule is O=[N+]([O-])c1cn2c(n1)OC[C@@H](OCc1cccc(-c3ccc(OC(F)F)cc3)n1)C2. The molecule has 9 nitrogen and oxygen atoms in total. The average molecular weight is 418 g/mol. The zero-order valence-electron chi connectivity index (χ0n) is 15.5. The molecule has 0 spiro atoms. The van der Waals surface area contributed by atoms with Crippen LogP contribution in [0.4, 0.5) is 14.6 Å². The molecule has 4 rings (SSSR count). The van der Waals surface area contributed by atoms with Crippen LogP contribution in [0.25, 0.3) is 11.3 Å². The second-order valence-corrected chi connectivity index (χ2v) is 6.45. The van der Waals surface area contributed by atoms with Gasteiger partial charge in [0.05, 0.1) is 24.5 Å². The van der Waals surface area contributed by atoms with Gasteiger partial charge in [0.1, 0.15) is 24.7 Å². The van der Waals surface area contributed by atoms with E-state index in [0.717, 1.165) is 5.56 Å². The van der Waals surface area contributed by atoms with Crippen LogP contribution < -0.4 is 9.47 Å². The average Bonchev–Trinajstić information content (AvgIpc) is 3.16. The number of hydrogen-bond donors (Lipinski definition) is 0. The van der Waals surface area contributed by atoms with Crippen molar-refractivity contribution in [2.24, 2.45) is 0 Å². The Morgan fingerprint density at radius 3 is 2.77 bits per heavy atom. The minimum absolute atomic E-state index is 0.0737. The molecule has 0 N–H and O–H groups in total. The van der Waals surface area contributed by atoms with Gasteiger partial charge in [0.25, 0.3) is 0 Å². The number of nitro groups is 1. The fourth-order valence-corrected chi connectivity index (χ4v) is 2.99. The second-order valence-electron chi connectivity index (χ2n) is 6.45. The summed E-state index contributed by atoms with van der Waals surface area (Å²) in [4.78, 5) is 18.6. The Hall–Kier alpha value is -3.60. The lowest BCUT2D eigenvalue weighted by atomic mass is 10.1. The molecule has 0 amide bonds. The topological polar surface area (TPSA) is 102 Å². The molecule has 0 bridgehead atoms. The Morgan fingerprint density at radius 1 is 1.23 bits per heavy atom. The highest BCUT2D eigenvalue weighted by atomic mass is 19.3. The van der Waals surface area contributed by atoms with Crippen molar-refractivity contribution in [1.82, 2.24) is 14.5 Å². The number of imidazole rings is 1. The minimum Gasteiger partial charge on any atom is -0.443 e. The van der Waals surface area contributed by atoms with E-state index in [9.17, 15) is 18.9 Å². The van der Waals surface area contributed by atoms with Crippen LogP contribution in [0.3, 0.4) is 0 Å². The van der Waals surface area contributed by atoms with E-state index in [0.29, 0.717) is 17.9 Å². The van der Waals surface area contributed by atoms with Crippen LogP contribution in [0.15, 0.2) is 48.7 Å². The van der Waals surface area contributed by atoms with Gasteiger partial charge in [-0.3, -0.25) is 9.55 Å². The zero-order valence-corrected chi connectivity index (χ0v) is 15.5. The third-order valence-corrected chi connectivity index (χ3v) is 4.36. The van der Waals surface area contributed by atoms with Crippen molar-refractivity contribution in [3.63, 3.8) is 0 Å². The molecule has 11 heteroatoms. The van der Waals surface area contributed by atoms with Gasteiger partial charge in [0, 0.05) is 10.5 Å². The Labute approximate surface area is 169 Å². The number of alkyl halides is 2. The molecule has 0 saturated heterocycles. The smallest absolute Gasteiger partial charge is 0.414 e. The van der Waals surface area contributed by atoms with E-state index in [1.807, 2.05) is 6.07 Å². The maximum atomic E-state index is 12.3. The number of rotatable bonds is 7. The van der Waals surface area contributed by atoms with Gasteiger partial charge in [-0.2, -0.15) is 8.78 Å². The first-order valence-electron chi connectivity index (χ1n) is 8.95. The molecule has 0 fully saturated rings. The van der Waals surface area contributed by atoms with Gasteiger partial charge in [-0.25, -0.2) is 0 Å². The summed E-state index contributed by atoms with van der Waals surface area (Å²) in [6.45, 7) is -2.07. The number of halogens is 2. The van der Waals surface area contributed by atoms with Gasteiger partial charge in [-0.15, -0.1) is 0 Å².